The van der Waals surface area contributed by atoms with E-state index in [2.05, 4.69) is 17.1 Å². The van der Waals surface area contributed by atoms with E-state index < -0.39 is 5.91 Å². The predicted molar refractivity (Wildman–Crippen MR) is 115 cm³/mol. The Morgan fingerprint density at radius 1 is 1.21 bits per heavy atom. The SMILES string of the molecule is C=CCOc1c(Cl)cc(/C=N/NC(=O)c2cc3cc(OCC)ccc3o2)cc1Cl. The summed E-state index contributed by atoms with van der Waals surface area (Å²) in [6.45, 7) is 6.32. The molecule has 3 aromatic rings. The van der Waals surface area contributed by atoms with E-state index in [4.69, 9.17) is 37.1 Å². The number of carbonyl (C=O) groups excluding carboxylic acids is 1. The summed E-state index contributed by atoms with van der Waals surface area (Å²) in [6, 6.07) is 10.2. The van der Waals surface area contributed by atoms with E-state index in [-0.39, 0.29) is 12.4 Å². The van der Waals surface area contributed by atoms with Crippen molar-refractivity contribution in [2.24, 2.45) is 5.10 Å². The van der Waals surface area contributed by atoms with Gasteiger partial charge in [0.2, 0.25) is 0 Å². The minimum Gasteiger partial charge on any atom is -0.494 e. The van der Waals surface area contributed by atoms with Crippen LogP contribution in [0.4, 0.5) is 0 Å². The van der Waals surface area contributed by atoms with Gasteiger partial charge in [-0.05, 0) is 48.9 Å². The van der Waals surface area contributed by atoms with Crippen LogP contribution in [0.5, 0.6) is 11.5 Å². The first-order valence-corrected chi connectivity index (χ1v) is 9.50. The zero-order valence-electron chi connectivity index (χ0n) is 15.6. The molecule has 0 aliphatic carbocycles. The standard InChI is InChI=1S/C21H18Cl2N2O4/c1-3-7-28-20-16(22)8-13(9-17(20)23)12-24-25-21(26)19-11-14-10-15(27-4-2)5-6-18(14)29-19/h3,5-6,8-12H,1,4,7H2,2H3,(H,25,26)/b24-12+. The summed E-state index contributed by atoms with van der Waals surface area (Å²) in [5.41, 5.74) is 3.59. The van der Waals surface area contributed by atoms with Gasteiger partial charge in [0, 0.05) is 5.39 Å². The van der Waals surface area contributed by atoms with Crippen LogP contribution >= 0.6 is 23.2 Å². The summed E-state index contributed by atoms with van der Waals surface area (Å²) in [4.78, 5) is 12.3. The van der Waals surface area contributed by atoms with Crippen LogP contribution in [0.3, 0.4) is 0 Å². The molecular weight excluding hydrogens is 415 g/mol. The number of halogens is 2. The molecule has 0 bridgehead atoms. The Morgan fingerprint density at radius 2 is 1.97 bits per heavy atom. The number of hydrogen-bond acceptors (Lipinski definition) is 5. The first-order valence-electron chi connectivity index (χ1n) is 8.74. The number of carbonyl (C=O) groups is 1. The highest BCUT2D eigenvalue weighted by Crippen LogP contribution is 2.33. The largest absolute Gasteiger partial charge is 0.494 e. The van der Waals surface area contributed by atoms with Crippen LogP contribution in [0.1, 0.15) is 23.0 Å². The van der Waals surface area contributed by atoms with Crippen LogP contribution < -0.4 is 14.9 Å². The van der Waals surface area contributed by atoms with Crippen molar-refractivity contribution in [1.82, 2.24) is 5.43 Å². The molecule has 1 amide bonds. The maximum atomic E-state index is 12.3. The van der Waals surface area contributed by atoms with E-state index in [1.807, 2.05) is 13.0 Å². The van der Waals surface area contributed by atoms with Gasteiger partial charge in [-0.1, -0.05) is 35.9 Å². The number of furan rings is 1. The first kappa shape index (κ1) is 20.8. The molecule has 0 unspecified atom stereocenters. The Hall–Kier alpha value is -2.96. The van der Waals surface area contributed by atoms with E-state index >= 15 is 0 Å². The third kappa shape index (κ3) is 5.10. The molecule has 0 radical (unpaired) electrons. The molecule has 8 heteroatoms. The fourth-order valence-electron chi connectivity index (χ4n) is 2.54. The molecule has 6 nitrogen and oxygen atoms in total. The smallest absolute Gasteiger partial charge is 0.307 e. The summed E-state index contributed by atoms with van der Waals surface area (Å²) in [5.74, 6) is 0.719. The van der Waals surface area contributed by atoms with Gasteiger partial charge < -0.3 is 13.9 Å². The normalized spacial score (nSPS) is 11.0. The molecule has 0 saturated heterocycles. The zero-order valence-corrected chi connectivity index (χ0v) is 17.1. The van der Waals surface area contributed by atoms with E-state index in [0.29, 0.717) is 39.3 Å². The number of rotatable bonds is 8. The highest BCUT2D eigenvalue weighted by molar-refractivity contribution is 6.37. The Morgan fingerprint density at radius 3 is 2.66 bits per heavy atom. The quantitative estimate of drug-likeness (QED) is 0.291. The number of benzene rings is 2. The minimum atomic E-state index is -0.487. The number of ether oxygens (including phenoxy) is 2. The van der Waals surface area contributed by atoms with Crippen LogP contribution in [-0.4, -0.2) is 25.3 Å². The molecule has 29 heavy (non-hydrogen) atoms. The minimum absolute atomic E-state index is 0.134. The molecule has 2 aromatic carbocycles. The fraction of sp³-hybridized carbons (Fsp3) is 0.143. The van der Waals surface area contributed by atoms with Gasteiger partial charge in [0.1, 0.15) is 17.9 Å². The number of nitrogens with one attached hydrogen (secondary N) is 1. The summed E-state index contributed by atoms with van der Waals surface area (Å²) in [6.07, 6.45) is 3.01. The van der Waals surface area contributed by atoms with Crippen LogP contribution in [0.25, 0.3) is 11.0 Å². The van der Waals surface area contributed by atoms with Crippen molar-refractivity contribution in [2.45, 2.75) is 6.92 Å². The van der Waals surface area contributed by atoms with Gasteiger partial charge in [0.05, 0.1) is 22.9 Å². The summed E-state index contributed by atoms with van der Waals surface area (Å²) < 4.78 is 16.4. The third-order valence-electron chi connectivity index (χ3n) is 3.77. The van der Waals surface area contributed by atoms with Gasteiger partial charge in [-0.3, -0.25) is 4.79 Å². The maximum absolute atomic E-state index is 12.3. The molecule has 0 spiro atoms. The molecule has 0 aliphatic rings. The van der Waals surface area contributed by atoms with Crippen molar-refractivity contribution >= 4 is 46.3 Å². The molecule has 0 fully saturated rings. The second-order valence-electron chi connectivity index (χ2n) is 5.86. The Kier molecular flexibility index (Phi) is 6.80. The zero-order chi connectivity index (χ0) is 20.8. The molecule has 150 valence electrons. The van der Waals surface area contributed by atoms with Crippen molar-refractivity contribution < 1.29 is 18.7 Å². The van der Waals surface area contributed by atoms with Crippen LogP contribution in [0.2, 0.25) is 10.0 Å². The van der Waals surface area contributed by atoms with Crippen LogP contribution in [0.15, 0.2) is 58.6 Å². The van der Waals surface area contributed by atoms with E-state index in [1.165, 1.54) is 6.21 Å². The molecule has 0 atom stereocenters. The number of nitrogens with zero attached hydrogens (tertiary/aromatic N) is 1. The lowest BCUT2D eigenvalue weighted by molar-refractivity contribution is 0.0929. The first-order chi connectivity index (χ1) is 14.0. The second kappa shape index (κ2) is 9.49. The van der Waals surface area contributed by atoms with Crippen molar-refractivity contribution in [2.75, 3.05) is 13.2 Å². The molecule has 1 aromatic heterocycles. The van der Waals surface area contributed by atoms with E-state index in [0.717, 1.165) is 5.39 Å². The van der Waals surface area contributed by atoms with E-state index in [1.54, 1.807) is 36.4 Å². The van der Waals surface area contributed by atoms with Gasteiger partial charge >= 0.3 is 5.91 Å². The van der Waals surface area contributed by atoms with Crippen LogP contribution in [0, 0.1) is 0 Å². The average Bonchev–Trinajstić information content (AvgIpc) is 3.11. The van der Waals surface area contributed by atoms with Crippen molar-refractivity contribution in [3.05, 3.63) is 70.4 Å². The summed E-state index contributed by atoms with van der Waals surface area (Å²) in [7, 11) is 0. The Bertz CT molecular complexity index is 1050. The van der Waals surface area contributed by atoms with Crippen molar-refractivity contribution in [1.29, 1.82) is 0 Å². The number of hydrogen-bond donors (Lipinski definition) is 1. The lowest BCUT2D eigenvalue weighted by Crippen LogP contribution is -2.16. The molecule has 0 saturated carbocycles. The lowest BCUT2D eigenvalue weighted by Gasteiger charge is -2.08. The number of hydrazone groups is 1. The van der Waals surface area contributed by atoms with E-state index in [9.17, 15) is 4.79 Å². The van der Waals surface area contributed by atoms with Crippen molar-refractivity contribution in [3.8, 4) is 11.5 Å². The molecule has 1 heterocycles. The molecule has 1 N–H and O–H groups in total. The van der Waals surface area contributed by atoms with Crippen molar-refractivity contribution in [3.63, 3.8) is 0 Å². The fourth-order valence-corrected chi connectivity index (χ4v) is 3.16. The average molecular weight is 433 g/mol. The Labute approximate surface area is 177 Å². The van der Waals surface area contributed by atoms with Gasteiger partial charge in [-0.15, -0.1) is 0 Å². The van der Waals surface area contributed by atoms with Gasteiger partial charge in [-0.2, -0.15) is 5.10 Å². The summed E-state index contributed by atoms with van der Waals surface area (Å²) in [5, 5.41) is 5.34. The van der Waals surface area contributed by atoms with Crippen LogP contribution in [-0.2, 0) is 0 Å². The monoisotopic (exact) mass is 432 g/mol. The highest BCUT2D eigenvalue weighted by Gasteiger charge is 2.13. The molecule has 0 aliphatic heterocycles. The Balaban J connectivity index is 1.69. The highest BCUT2D eigenvalue weighted by atomic mass is 35.5. The molecular formula is C21H18Cl2N2O4. The third-order valence-corrected chi connectivity index (χ3v) is 4.33. The maximum Gasteiger partial charge on any atom is 0.307 e. The second-order valence-corrected chi connectivity index (χ2v) is 6.67. The topological polar surface area (TPSA) is 73.1 Å². The van der Waals surface area contributed by atoms with Gasteiger partial charge in [0.25, 0.3) is 0 Å². The predicted octanol–water partition coefficient (Wildman–Crippen LogP) is 5.47. The van der Waals surface area contributed by atoms with Gasteiger partial charge in [0.15, 0.2) is 11.5 Å². The lowest BCUT2D eigenvalue weighted by atomic mass is 10.2. The molecule has 3 rings (SSSR count). The van der Waals surface area contributed by atoms with Gasteiger partial charge in [-0.25, -0.2) is 5.43 Å². The number of fused-ring (bicyclic) bond motifs is 1. The summed E-state index contributed by atoms with van der Waals surface area (Å²) >= 11 is 12.3. The number of amides is 1.